The molecule has 0 fully saturated rings. The fourth-order valence-electron chi connectivity index (χ4n) is 2.58. The first-order chi connectivity index (χ1) is 10.5. The number of aromatic amines is 1. The summed E-state index contributed by atoms with van der Waals surface area (Å²) in [5.74, 6) is 1.69. The van der Waals surface area contributed by atoms with E-state index in [0.717, 1.165) is 41.7 Å². The van der Waals surface area contributed by atoms with Crippen molar-refractivity contribution in [3.63, 3.8) is 0 Å². The topological polar surface area (TPSA) is 62.9 Å². The van der Waals surface area contributed by atoms with Gasteiger partial charge in [-0.15, -0.1) is 0 Å². The van der Waals surface area contributed by atoms with Gasteiger partial charge < -0.3 is 4.42 Å². The lowest BCUT2D eigenvalue weighted by atomic mass is 10.2. The van der Waals surface area contributed by atoms with Crippen LogP contribution in [0.2, 0.25) is 0 Å². The van der Waals surface area contributed by atoms with E-state index in [-0.39, 0.29) is 0 Å². The number of aryl methyl sites for hydroxylation is 3. The van der Waals surface area contributed by atoms with Gasteiger partial charge in [-0.05, 0) is 39.1 Å². The molecule has 6 nitrogen and oxygen atoms in total. The maximum atomic E-state index is 5.59. The van der Waals surface area contributed by atoms with Gasteiger partial charge in [-0.25, -0.2) is 0 Å². The molecule has 0 spiro atoms. The molecule has 0 radical (unpaired) electrons. The van der Waals surface area contributed by atoms with Crippen molar-refractivity contribution < 1.29 is 4.42 Å². The minimum Gasteiger partial charge on any atom is -0.460 e. The van der Waals surface area contributed by atoms with Gasteiger partial charge in [0.1, 0.15) is 11.5 Å². The molecule has 0 aliphatic rings. The minimum atomic E-state index is 0.793. The number of rotatable bonds is 5. The number of H-pyrrole nitrogens is 1. The van der Waals surface area contributed by atoms with E-state index >= 15 is 0 Å². The molecule has 6 heteroatoms. The molecule has 116 valence electrons. The fourth-order valence-corrected chi connectivity index (χ4v) is 2.58. The van der Waals surface area contributed by atoms with E-state index < -0.39 is 0 Å². The summed E-state index contributed by atoms with van der Waals surface area (Å²) in [5.41, 5.74) is 4.22. The maximum absolute atomic E-state index is 5.59. The fraction of sp³-hybridized carbons (Fsp3) is 0.375. The summed E-state index contributed by atoms with van der Waals surface area (Å²) in [5, 5.41) is 11.8. The molecular formula is C16H21N5O. The van der Waals surface area contributed by atoms with Crippen LogP contribution in [0.5, 0.6) is 0 Å². The molecule has 0 bridgehead atoms. The van der Waals surface area contributed by atoms with E-state index in [4.69, 9.17) is 4.42 Å². The predicted octanol–water partition coefficient (Wildman–Crippen LogP) is 2.65. The van der Waals surface area contributed by atoms with E-state index in [2.05, 4.69) is 33.4 Å². The van der Waals surface area contributed by atoms with Crippen LogP contribution in [-0.4, -0.2) is 31.9 Å². The molecule has 3 aromatic rings. The van der Waals surface area contributed by atoms with E-state index in [1.807, 2.05) is 43.8 Å². The Balaban J connectivity index is 1.66. The van der Waals surface area contributed by atoms with Crippen molar-refractivity contribution in [2.45, 2.75) is 26.9 Å². The summed E-state index contributed by atoms with van der Waals surface area (Å²) in [6.45, 7) is 5.62. The highest BCUT2D eigenvalue weighted by Crippen LogP contribution is 2.21. The Hall–Kier alpha value is -2.34. The van der Waals surface area contributed by atoms with Crippen LogP contribution in [-0.2, 0) is 20.1 Å². The number of hydrogen-bond donors (Lipinski definition) is 1. The molecule has 3 rings (SSSR count). The third-order valence-electron chi connectivity index (χ3n) is 3.62. The number of aromatic nitrogens is 4. The van der Waals surface area contributed by atoms with E-state index in [1.54, 1.807) is 0 Å². The zero-order valence-electron chi connectivity index (χ0n) is 13.4. The average molecular weight is 299 g/mol. The van der Waals surface area contributed by atoms with Crippen LogP contribution in [0.1, 0.15) is 22.7 Å². The van der Waals surface area contributed by atoms with Crippen LogP contribution in [0.3, 0.4) is 0 Å². The highest BCUT2D eigenvalue weighted by molar-refractivity contribution is 5.52. The first-order valence-corrected chi connectivity index (χ1v) is 7.30. The highest BCUT2D eigenvalue weighted by Gasteiger charge is 2.11. The Morgan fingerprint density at radius 2 is 2.09 bits per heavy atom. The van der Waals surface area contributed by atoms with Crippen molar-refractivity contribution in [2.24, 2.45) is 7.05 Å². The lowest BCUT2D eigenvalue weighted by Crippen LogP contribution is -2.17. The second kappa shape index (κ2) is 5.81. The molecule has 0 aliphatic carbocycles. The van der Waals surface area contributed by atoms with E-state index in [0.29, 0.717) is 0 Å². The number of hydrogen-bond acceptors (Lipinski definition) is 4. The Morgan fingerprint density at radius 3 is 2.73 bits per heavy atom. The molecule has 0 atom stereocenters. The van der Waals surface area contributed by atoms with Gasteiger partial charge in [-0.2, -0.15) is 10.2 Å². The molecule has 0 aliphatic heterocycles. The normalized spacial score (nSPS) is 11.5. The number of furan rings is 1. The van der Waals surface area contributed by atoms with Crippen molar-refractivity contribution in [1.29, 1.82) is 0 Å². The molecule has 0 saturated heterocycles. The van der Waals surface area contributed by atoms with Gasteiger partial charge in [0.15, 0.2) is 5.76 Å². The van der Waals surface area contributed by atoms with Crippen LogP contribution < -0.4 is 0 Å². The lowest BCUT2D eigenvalue weighted by molar-refractivity contribution is 0.314. The van der Waals surface area contributed by atoms with Crippen LogP contribution in [0.15, 0.2) is 28.8 Å². The van der Waals surface area contributed by atoms with Gasteiger partial charge in [0.25, 0.3) is 0 Å². The van der Waals surface area contributed by atoms with Crippen LogP contribution in [0.4, 0.5) is 0 Å². The molecular weight excluding hydrogens is 278 g/mol. The Labute approximate surface area is 129 Å². The summed E-state index contributed by atoms with van der Waals surface area (Å²) < 4.78 is 7.45. The Morgan fingerprint density at radius 1 is 1.27 bits per heavy atom. The van der Waals surface area contributed by atoms with Gasteiger partial charge in [0.2, 0.25) is 0 Å². The van der Waals surface area contributed by atoms with Gasteiger partial charge >= 0.3 is 0 Å². The third kappa shape index (κ3) is 3.12. The summed E-state index contributed by atoms with van der Waals surface area (Å²) in [6, 6.07) is 5.92. The highest BCUT2D eigenvalue weighted by atomic mass is 16.3. The van der Waals surface area contributed by atoms with E-state index in [1.165, 1.54) is 5.56 Å². The van der Waals surface area contributed by atoms with Crippen molar-refractivity contribution >= 4 is 0 Å². The Kier molecular flexibility index (Phi) is 3.85. The second-order valence-electron chi connectivity index (χ2n) is 5.77. The van der Waals surface area contributed by atoms with Crippen LogP contribution in [0, 0.1) is 13.8 Å². The molecule has 1 N–H and O–H groups in total. The van der Waals surface area contributed by atoms with Crippen molar-refractivity contribution in [2.75, 3.05) is 7.05 Å². The molecule has 0 saturated carbocycles. The summed E-state index contributed by atoms with van der Waals surface area (Å²) in [4.78, 5) is 2.23. The SMILES string of the molecule is Cc1ccc(-c2cc(CN(C)Cc3cn(C)nc3C)[nH]n2)o1. The van der Waals surface area contributed by atoms with Gasteiger partial charge in [0.05, 0.1) is 5.69 Å². The lowest BCUT2D eigenvalue weighted by Gasteiger charge is -2.14. The first-order valence-electron chi connectivity index (χ1n) is 7.30. The summed E-state index contributed by atoms with van der Waals surface area (Å²) in [6.07, 6.45) is 2.07. The summed E-state index contributed by atoms with van der Waals surface area (Å²) >= 11 is 0. The molecule has 3 aromatic heterocycles. The van der Waals surface area contributed by atoms with Crippen molar-refractivity contribution in [1.82, 2.24) is 24.9 Å². The molecule has 22 heavy (non-hydrogen) atoms. The number of nitrogens with one attached hydrogen (secondary N) is 1. The van der Waals surface area contributed by atoms with Crippen LogP contribution in [0.25, 0.3) is 11.5 Å². The van der Waals surface area contributed by atoms with E-state index in [9.17, 15) is 0 Å². The minimum absolute atomic E-state index is 0.793. The molecule has 0 unspecified atom stereocenters. The van der Waals surface area contributed by atoms with Gasteiger partial charge in [-0.1, -0.05) is 0 Å². The van der Waals surface area contributed by atoms with Crippen LogP contribution >= 0.6 is 0 Å². The van der Waals surface area contributed by atoms with Crippen molar-refractivity contribution in [3.05, 3.63) is 47.1 Å². The zero-order valence-corrected chi connectivity index (χ0v) is 13.4. The monoisotopic (exact) mass is 299 g/mol. The Bertz CT molecular complexity index is 767. The quantitative estimate of drug-likeness (QED) is 0.786. The number of nitrogens with zero attached hydrogens (tertiary/aromatic N) is 4. The maximum Gasteiger partial charge on any atom is 0.154 e. The molecule has 3 heterocycles. The predicted molar refractivity (Wildman–Crippen MR) is 84.1 cm³/mol. The standard InChI is InChI=1S/C16H21N5O/c1-11-5-6-16(22-11)15-7-14(17-18-15)10-20(3)8-13-9-21(4)19-12(13)2/h5-7,9H,8,10H2,1-4H3,(H,17,18). The third-order valence-corrected chi connectivity index (χ3v) is 3.62. The molecule has 0 aromatic carbocycles. The first kappa shape index (κ1) is 14.6. The summed E-state index contributed by atoms with van der Waals surface area (Å²) in [7, 11) is 4.03. The molecule has 0 amide bonds. The zero-order chi connectivity index (χ0) is 15.7. The van der Waals surface area contributed by atoms with Gasteiger partial charge in [-0.3, -0.25) is 14.7 Å². The van der Waals surface area contributed by atoms with Gasteiger partial charge in [0, 0.05) is 37.6 Å². The smallest absolute Gasteiger partial charge is 0.154 e. The second-order valence-corrected chi connectivity index (χ2v) is 5.77. The average Bonchev–Trinajstić information content (AvgIpc) is 3.12. The van der Waals surface area contributed by atoms with Crippen molar-refractivity contribution in [3.8, 4) is 11.5 Å². The largest absolute Gasteiger partial charge is 0.460 e.